The van der Waals surface area contributed by atoms with Crippen LogP contribution >= 0.6 is 0 Å². The molecule has 0 bridgehead atoms. The van der Waals surface area contributed by atoms with Gasteiger partial charge < -0.3 is 10.4 Å². The maximum absolute atomic E-state index is 9.43. The highest BCUT2D eigenvalue weighted by molar-refractivity contribution is 4.86. The molecule has 0 amide bonds. The van der Waals surface area contributed by atoms with E-state index in [9.17, 15) is 5.11 Å². The number of nitrogens with zero attached hydrogens (tertiary/aromatic N) is 1. The van der Waals surface area contributed by atoms with Crippen LogP contribution in [0.1, 0.15) is 41.0 Å². The normalized spacial score (nSPS) is 17.8. The molecule has 0 heterocycles. The summed E-state index contributed by atoms with van der Waals surface area (Å²) >= 11 is 0. The van der Waals surface area contributed by atoms with Crippen LogP contribution in [0.25, 0.3) is 0 Å². The van der Waals surface area contributed by atoms with Gasteiger partial charge in [0.25, 0.3) is 0 Å². The first-order valence-corrected chi connectivity index (χ1v) is 6.12. The Balaban J connectivity index is 4.35. The molecule has 0 fully saturated rings. The van der Waals surface area contributed by atoms with Crippen LogP contribution in [0, 0.1) is 0 Å². The van der Waals surface area contributed by atoms with Crippen LogP contribution in [0.15, 0.2) is 0 Å². The van der Waals surface area contributed by atoms with Crippen molar-refractivity contribution in [1.29, 1.82) is 0 Å². The third kappa shape index (κ3) is 4.96. The first-order valence-electron chi connectivity index (χ1n) is 6.12. The first kappa shape index (κ1) is 14.9. The lowest BCUT2D eigenvalue weighted by Crippen LogP contribution is -2.55. The molecule has 2 unspecified atom stereocenters. The van der Waals surface area contributed by atoms with E-state index in [2.05, 4.69) is 44.8 Å². The fourth-order valence-electron chi connectivity index (χ4n) is 1.87. The summed E-state index contributed by atoms with van der Waals surface area (Å²) in [5.74, 6) is 0. The Labute approximate surface area is 94.9 Å². The molecule has 92 valence electrons. The van der Waals surface area contributed by atoms with Crippen molar-refractivity contribution in [3.8, 4) is 0 Å². The van der Waals surface area contributed by atoms with Gasteiger partial charge in [0, 0.05) is 12.6 Å². The molecule has 0 saturated heterocycles. The summed E-state index contributed by atoms with van der Waals surface area (Å²) in [4.78, 5) is 2.42. The Hall–Kier alpha value is -0.120. The molecule has 0 aromatic rings. The fraction of sp³-hybridized carbons (Fsp3) is 1.00. The molecule has 0 aromatic carbocycles. The summed E-state index contributed by atoms with van der Waals surface area (Å²) in [5, 5.41) is 12.8. The molecule has 0 spiro atoms. The van der Waals surface area contributed by atoms with Crippen LogP contribution < -0.4 is 5.32 Å². The van der Waals surface area contributed by atoms with Gasteiger partial charge >= 0.3 is 0 Å². The Bertz CT molecular complexity index is 164. The lowest BCUT2D eigenvalue weighted by atomic mass is 10.0. The van der Waals surface area contributed by atoms with Crippen molar-refractivity contribution < 1.29 is 5.11 Å². The highest BCUT2D eigenvalue weighted by Crippen LogP contribution is 2.10. The van der Waals surface area contributed by atoms with Crippen LogP contribution in [0.5, 0.6) is 0 Å². The van der Waals surface area contributed by atoms with Crippen LogP contribution in [0.3, 0.4) is 0 Å². The predicted molar refractivity (Wildman–Crippen MR) is 66.2 cm³/mol. The SMILES string of the molecule is CCNC(C)(CO)CN(CC)C(C)CC. The molecule has 0 aromatic heterocycles. The molecular formula is C12H28N2O. The Kier molecular flexibility index (Phi) is 7.14. The van der Waals surface area contributed by atoms with Gasteiger partial charge in [-0.25, -0.2) is 0 Å². The van der Waals surface area contributed by atoms with E-state index in [0.717, 1.165) is 26.1 Å². The minimum Gasteiger partial charge on any atom is -0.394 e. The predicted octanol–water partition coefficient (Wildman–Crippen LogP) is 1.47. The second-order valence-electron chi connectivity index (χ2n) is 4.57. The molecule has 3 nitrogen and oxygen atoms in total. The van der Waals surface area contributed by atoms with Gasteiger partial charge in [-0.15, -0.1) is 0 Å². The van der Waals surface area contributed by atoms with Gasteiger partial charge in [-0.05, 0) is 33.4 Å². The van der Waals surface area contributed by atoms with Crippen LogP contribution in [0.2, 0.25) is 0 Å². The van der Waals surface area contributed by atoms with Crippen LogP contribution in [-0.4, -0.2) is 47.8 Å². The van der Waals surface area contributed by atoms with E-state index in [-0.39, 0.29) is 12.1 Å². The van der Waals surface area contributed by atoms with E-state index in [1.807, 2.05) is 0 Å². The molecule has 2 N–H and O–H groups in total. The summed E-state index contributed by atoms with van der Waals surface area (Å²) in [5.41, 5.74) is -0.172. The lowest BCUT2D eigenvalue weighted by Gasteiger charge is -2.37. The lowest BCUT2D eigenvalue weighted by molar-refractivity contribution is 0.102. The third-order valence-corrected chi connectivity index (χ3v) is 3.12. The van der Waals surface area contributed by atoms with Crippen molar-refractivity contribution in [2.45, 2.75) is 52.6 Å². The van der Waals surface area contributed by atoms with Gasteiger partial charge in [0.05, 0.1) is 12.1 Å². The molecule has 0 aliphatic rings. The van der Waals surface area contributed by atoms with Gasteiger partial charge in [0.1, 0.15) is 0 Å². The molecule has 0 radical (unpaired) electrons. The van der Waals surface area contributed by atoms with E-state index >= 15 is 0 Å². The van der Waals surface area contributed by atoms with E-state index < -0.39 is 0 Å². The summed E-state index contributed by atoms with van der Waals surface area (Å²) in [6, 6.07) is 0.583. The summed E-state index contributed by atoms with van der Waals surface area (Å²) in [6.07, 6.45) is 1.15. The average molecular weight is 216 g/mol. The van der Waals surface area contributed by atoms with Gasteiger partial charge in [-0.2, -0.15) is 0 Å². The van der Waals surface area contributed by atoms with E-state index in [1.54, 1.807) is 0 Å². The van der Waals surface area contributed by atoms with Crippen molar-refractivity contribution in [1.82, 2.24) is 10.2 Å². The maximum Gasteiger partial charge on any atom is 0.0623 e. The van der Waals surface area contributed by atoms with Gasteiger partial charge in [-0.1, -0.05) is 20.8 Å². The third-order valence-electron chi connectivity index (χ3n) is 3.12. The van der Waals surface area contributed by atoms with Gasteiger partial charge in [-0.3, -0.25) is 4.90 Å². The minimum atomic E-state index is -0.172. The first-order chi connectivity index (χ1) is 7.02. The Morgan fingerprint density at radius 2 is 1.93 bits per heavy atom. The minimum absolute atomic E-state index is 0.172. The maximum atomic E-state index is 9.43. The number of aliphatic hydroxyl groups excluding tert-OH is 1. The molecule has 3 heteroatoms. The largest absolute Gasteiger partial charge is 0.394 e. The van der Waals surface area contributed by atoms with Crippen LogP contribution in [-0.2, 0) is 0 Å². The Morgan fingerprint density at radius 1 is 1.33 bits per heavy atom. The summed E-state index contributed by atoms with van der Waals surface area (Å²) in [7, 11) is 0. The van der Waals surface area contributed by atoms with Crippen molar-refractivity contribution in [3.05, 3.63) is 0 Å². The number of likely N-dealkylation sites (N-methyl/N-ethyl adjacent to an activating group) is 2. The second-order valence-corrected chi connectivity index (χ2v) is 4.57. The van der Waals surface area contributed by atoms with Gasteiger partial charge in [0.2, 0.25) is 0 Å². The zero-order valence-electron chi connectivity index (χ0n) is 11.0. The molecule has 0 saturated carbocycles. The molecule has 2 atom stereocenters. The number of hydrogen-bond donors (Lipinski definition) is 2. The van der Waals surface area contributed by atoms with Crippen molar-refractivity contribution in [3.63, 3.8) is 0 Å². The standard InChI is InChI=1S/C12H28N2O/c1-6-11(4)14(8-3)9-12(5,10-15)13-7-2/h11,13,15H,6-10H2,1-5H3. The summed E-state index contributed by atoms with van der Waals surface area (Å²) < 4.78 is 0. The zero-order chi connectivity index (χ0) is 11.9. The monoisotopic (exact) mass is 216 g/mol. The average Bonchev–Trinajstić information content (AvgIpc) is 2.25. The number of aliphatic hydroxyl groups is 1. The van der Waals surface area contributed by atoms with Crippen molar-refractivity contribution in [2.24, 2.45) is 0 Å². The second kappa shape index (κ2) is 7.20. The molecule has 15 heavy (non-hydrogen) atoms. The van der Waals surface area contributed by atoms with Gasteiger partial charge in [0.15, 0.2) is 0 Å². The van der Waals surface area contributed by atoms with E-state index in [1.165, 1.54) is 0 Å². The quantitative estimate of drug-likeness (QED) is 0.645. The van der Waals surface area contributed by atoms with Crippen LogP contribution in [0.4, 0.5) is 0 Å². The number of hydrogen-bond acceptors (Lipinski definition) is 3. The highest BCUT2D eigenvalue weighted by atomic mass is 16.3. The highest BCUT2D eigenvalue weighted by Gasteiger charge is 2.26. The fourth-order valence-corrected chi connectivity index (χ4v) is 1.87. The Morgan fingerprint density at radius 3 is 2.27 bits per heavy atom. The number of nitrogens with one attached hydrogen (secondary N) is 1. The van der Waals surface area contributed by atoms with E-state index in [4.69, 9.17) is 0 Å². The van der Waals surface area contributed by atoms with Crippen molar-refractivity contribution >= 4 is 0 Å². The summed E-state index contributed by atoms with van der Waals surface area (Å²) in [6.45, 7) is 13.8. The topological polar surface area (TPSA) is 35.5 Å². The molecule has 0 aliphatic carbocycles. The molecule has 0 rings (SSSR count). The molecule has 0 aliphatic heterocycles. The number of rotatable bonds is 8. The van der Waals surface area contributed by atoms with Crippen molar-refractivity contribution in [2.75, 3.05) is 26.2 Å². The van der Waals surface area contributed by atoms with E-state index in [0.29, 0.717) is 6.04 Å². The smallest absolute Gasteiger partial charge is 0.0623 e. The zero-order valence-corrected chi connectivity index (χ0v) is 11.0. The molecular weight excluding hydrogens is 188 g/mol.